The van der Waals surface area contributed by atoms with Crippen molar-refractivity contribution in [2.75, 3.05) is 14.2 Å². The monoisotopic (exact) mass is 277 g/mol. The highest BCUT2D eigenvalue weighted by Gasteiger charge is 2.01. The fourth-order valence-corrected chi connectivity index (χ4v) is 2.34. The molecule has 2 aromatic rings. The molecule has 0 fully saturated rings. The molecule has 100 valence electrons. The average Bonchev–Trinajstić information content (AvgIpc) is 2.41. The zero-order valence-electron chi connectivity index (χ0n) is 10.8. The minimum absolute atomic E-state index is 0.310. The van der Waals surface area contributed by atoms with Crippen molar-refractivity contribution in [1.82, 2.24) is 0 Å². The lowest BCUT2D eigenvalue weighted by atomic mass is 10.3. The van der Waals surface area contributed by atoms with Gasteiger partial charge in [-0.3, -0.25) is 0 Å². The lowest BCUT2D eigenvalue weighted by Crippen LogP contribution is -3.05. The number of methoxy groups -OCH3 is 1. The van der Waals surface area contributed by atoms with Crippen LogP contribution in [-0.2, 0) is 0 Å². The summed E-state index contributed by atoms with van der Waals surface area (Å²) < 4.78 is 5.11. The highest BCUT2D eigenvalue weighted by molar-refractivity contribution is 7.99. The van der Waals surface area contributed by atoms with E-state index in [0.717, 1.165) is 15.5 Å². The van der Waals surface area contributed by atoms with E-state index >= 15 is 0 Å². The first kappa shape index (κ1) is 13.7. The number of nitrogens with one attached hydrogen (secondary N) is 1. The molecule has 0 bridgehead atoms. The van der Waals surface area contributed by atoms with E-state index in [-0.39, 0.29) is 5.23 Å². The van der Waals surface area contributed by atoms with Crippen molar-refractivity contribution in [3.8, 4) is 11.5 Å². The van der Waals surface area contributed by atoms with E-state index in [9.17, 15) is 5.21 Å². The molecule has 0 saturated carbocycles. The topological polar surface area (TPSA) is 46.0 Å². The molecule has 0 aliphatic heterocycles. The van der Waals surface area contributed by atoms with Gasteiger partial charge in [0.15, 0.2) is 5.75 Å². The van der Waals surface area contributed by atoms with Gasteiger partial charge < -0.3 is 14.8 Å². The maximum absolute atomic E-state index is 10.8. The molecule has 2 aromatic carbocycles. The SMILES string of the molecule is COc1ccc(Sc2ccc(O[NH+](C)[O-])cc2)cc1. The van der Waals surface area contributed by atoms with Crippen LogP contribution >= 0.6 is 11.8 Å². The number of benzene rings is 2. The van der Waals surface area contributed by atoms with Crippen molar-refractivity contribution < 1.29 is 14.8 Å². The second-order valence-electron chi connectivity index (χ2n) is 3.84. The minimum atomic E-state index is -0.310. The Morgan fingerprint density at radius 3 is 1.79 bits per heavy atom. The van der Waals surface area contributed by atoms with Gasteiger partial charge in [0.2, 0.25) is 0 Å². The van der Waals surface area contributed by atoms with Gasteiger partial charge in [-0.05, 0) is 48.5 Å². The molecule has 0 radical (unpaired) electrons. The summed E-state index contributed by atoms with van der Waals surface area (Å²) in [7, 11) is 3.04. The molecular formula is C14H15NO3S. The Labute approximate surface area is 116 Å². The fraction of sp³-hybridized carbons (Fsp3) is 0.143. The molecule has 1 atom stereocenters. The van der Waals surface area contributed by atoms with Crippen molar-refractivity contribution in [3.63, 3.8) is 0 Å². The highest BCUT2D eigenvalue weighted by Crippen LogP contribution is 2.29. The van der Waals surface area contributed by atoms with Gasteiger partial charge in [-0.1, -0.05) is 11.8 Å². The number of hydroxylamine groups is 2. The third-order valence-electron chi connectivity index (χ3n) is 2.38. The quantitative estimate of drug-likeness (QED) is 0.851. The van der Waals surface area contributed by atoms with Gasteiger partial charge in [0.25, 0.3) is 0 Å². The van der Waals surface area contributed by atoms with E-state index in [4.69, 9.17) is 9.57 Å². The number of rotatable bonds is 5. The van der Waals surface area contributed by atoms with E-state index in [1.165, 1.54) is 7.05 Å². The summed E-state index contributed by atoms with van der Waals surface area (Å²) in [6, 6.07) is 15.3. The molecule has 0 aliphatic carbocycles. The standard InChI is InChI=1S/C14H15NO3S/c1-15(16)18-12-5-9-14(10-6-12)19-13-7-3-11(17-2)4-8-13/h3-10,15H,1-2H3. The zero-order chi connectivity index (χ0) is 13.7. The molecule has 5 heteroatoms. The third-order valence-corrected chi connectivity index (χ3v) is 3.40. The summed E-state index contributed by atoms with van der Waals surface area (Å²) in [5, 5.41) is 10.5. The van der Waals surface area contributed by atoms with E-state index in [1.54, 1.807) is 31.0 Å². The Bertz CT molecular complexity index is 511. The normalized spacial score (nSPS) is 11.9. The maximum atomic E-state index is 10.8. The molecule has 4 nitrogen and oxygen atoms in total. The second-order valence-corrected chi connectivity index (χ2v) is 4.99. The van der Waals surface area contributed by atoms with Crippen LogP contribution in [0.4, 0.5) is 0 Å². The number of ether oxygens (including phenoxy) is 1. The first-order valence-corrected chi connectivity index (χ1v) is 6.59. The molecule has 0 aliphatic rings. The molecule has 1 N–H and O–H groups in total. The minimum Gasteiger partial charge on any atom is -0.591 e. The summed E-state index contributed by atoms with van der Waals surface area (Å²) in [5.41, 5.74) is 0. The van der Waals surface area contributed by atoms with E-state index in [2.05, 4.69) is 0 Å². The smallest absolute Gasteiger partial charge is 0.190 e. The predicted octanol–water partition coefficient (Wildman–Crippen LogP) is 2.15. The predicted molar refractivity (Wildman–Crippen MR) is 74.4 cm³/mol. The number of hydrogen-bond acceptors (Lipinski definition) is 4. The summed E-state index contributed by atoms with van der Waals surface area (Å²) in [6.07, 6.45) is 0. The van der Waals surface area contributed by atoms with Crippen LogP contribution in [0.2, 0.25) is 0 Å². The fourth-order valence-electron chi connectivity index (χ4n) is 1.52. The lowest BCUT2D eigenvalue weighted by Gasteiger charge is -2.14. The van der Waals surface area contributed by atoms with Gasteiger partial charge in [0, 0.05) is 9.79 Å². The Morgan fingerprint density at radius 2 is 1.37 bits per heavy atom. The van der Waals surface area contributed by atoms with Crippen LogP contribution in [-0.4, -0.2) is 14.2 Å². The van der Waals surface area contributed by atoms with Crippen LogP contribution in [0.15, 0.2) is 58.3 Å². The van der Waals surface area contributed by atoms with Gasteiger partial charge in [-0.15, -0.1) is 0 Å². The summed E-state index contributed by atoms with van der Waals surface area (Å²) in [6.45, 7) is 0. The second kappa shape index (κ2) is 6.47. The van der Waals surface area contributed by atoms with Crippen LogP contribution in [0.5, 0.6) is 11.5 Å². The average molecular weight is 277 g/mol. The van der Waals surface area contributed by atoms with Gasteiger partial charge >= 0.3 is 0 Å². The van der Waals surface area contributed by atoms with Crippen LogP contribution in [0, 0.1) is 5.21 Å². The molecule has 0 heterocycles. The van der Waals surface area contributed by atoms with Crippen molar-refractivity contribution in [2.45, 2.75) is 9.79 Å². The molecule has 0 amide bonds. The van der Waals surface area contributed by atoms with Crippen LogP contribution < -0.4 is 14.8 Å². The van der Waals surface area contributed by atoms with Gasteiger partial charge in [0.05, 0.1) is 7.11 Å². The van der Waals surface area contributed by atoms with Gasteiger partial charge in [-0.2, -0.15) is 5.23 Å². The van der Waals surface area contributed by atoms with Gasteiger partial charge in [-0.25, -0.2) is 0 Å². The molecule has 0 spiro atoms. The lowest BCUT2D eigenvalue weighted by molar-refractivity contribution is -1.00. The maximum Gasteiger partial charge on any atom is 0.190 e. The Morgan fingerprint density at radius 1 is 0.895 bits per heavy atom. The zero-order valence-corrected chi connectivity index (χ0v) is 11.6. The molecular weight excluding hydrogens is 262 g/mol. The molecule has 0 saturated heterocycles. The van der Waals surface area contributed by atoms with E-state index in [0.29, 0.717) is 5.75 Å². The van der Waals surface area contributed by atoms with Crippen LogP contribution in [0.1, 0.15) is 0 Å². The highest BCUT2D eigenvalue weighted by atomic mass is 32.2. The largest absolute Gasteiger partial charge is 0.591 e. The number of quaternary nitrogens is 1. The first-order chi connectivity index (χ1) is 9.17. The first-order valence-electron chi connectivity index (χ1n) is 5.78. The van der Waals surface area contributed by atoms with Crippen LogP contribution in [0.3, 0.4) is 0 Å². The van der Waals surface area contributed by atoms with Crippen molar-refractivity contribution >= 4 is 11.8 Å². The Hall–Kier alpha value is -1.69. The van der Waals surface area contributed by atoms with Crippen molar-refractivity contribution in [3.05, 3.63) is 53.7 Å². The van der Waals surface area contributed by atoms with Crippen LogP contribution in [0.25, 0.3) is 0 Å². The Kier molecular flexibility index (Phi) is 4.68. The third kappa shape index (κ3) is 4.17. The molecule has 2 rings (SSSR count). The molecule has 19 heavy (non-hydrogen) atoms. The summed E-state index contributed by atoms with van der Waals surface area (Å²) >= 11 is 1.64. The van der Waals surface area contributed by atoms with E-state index < -0.39 is 0 Å². The van der Waals surface area contributed by atoms with Gasteiger partial charge in [0.1, 0.15) is 12.8 Å². The summed E-state index contributed by atoms with van der Waals surface area (Å²) in [4.78, 5) is 7.20. The van der Waals surface area contributed by atoms with E-state index in [1.807, 2.05) is 36.4 Å². The molecule has 1 unspecified atom stereocenters. The summed E-state index contributed by atoms with van der Waals surface area (Å²) in [5.74, 6) is 1.40. The Balaban J connectivity index is 2.02. The number of hydrogen-bond donors (Lipinski definition) is 1. The molecule has 0 aromatic heterocycles. The van der Waals surface area contributed by atoms with Crippen molar-refractivity contribution in [2.24, 2.45) is 0 Å². The van der Waals surface area contributed by atoms with Crippen molar-refractivity contribution in [1.29, 1.82) is 0 Å².